The fourth-order valence-electron chi connectivity index (χ4n) is 1.84. The fraction of sp³-hybridized carbons (Fsp3) is 0.267. The Kier molecular flexibility index (Phi) is 7.71. The lowest BCUT2D eigenvalue weighted by atomic mass is 9.89. The summed E-state index contributed by atoms with van der Waals surface area (Å²) in [7, 11) is 1.26. The summed E-state index contributed by atoms with van der Waals surface area (Å²) in [6, 6.07) is 7.03. The Morgan fingerprint density at radius 3 is 2.65 bits per heavy atom. The summed E-state index contributed by atoms with van der Waals surface area (Å²) in [5.41, 5.74) is 0.689. The van der Waals surface area contributed by atoms with Crippen LogP contribution in [0.25, 0.3) is 0 Å². The number of hydrogen-bond acceptors (Lipinski definition) is 5. The molecule has 1 aromatic rings. The molecule has 0 heterocycles. The van der Waals surface area contributed by atoms with Gasteiger partial charge in [0, 0.05) is 23.6 Å². The second-order valence-electron chi connectivity index (χ2n) is 4.37. The van der Waals surface area contributed by atoms with Crippen molar-refractivity contribution in [2.45, 2.75) is 12.3 Å². The number of rotatable bonds is 6. The predicted molar refractivity (Wildman–Crippen MR) is 88.2 cm³/mol. The lowest BCUT2D eigenvalue weighted by Crippen LogP contribution is -2.20. The molecule has 0 spiro atoms. The van der Waals surface area contributed by atoms with Crippen molar-refractivity contribution in [1.82, 2.24) is 5.32 Å². The van der Waals surface area contributed by atoms with Gasteiger partial charge < -0.3 is 10.1 Å². The Bertz CT molecular complexity index is 705. The van der Waals surface area contributed by atoms with Gasteiger partial charge >= 0.3 is 5.97 Å². The zero-order valence-electron chi connectivity index (χ0n) is 12.1. The highest BCUT2D eigenvalue weighted by molar-refractivity contribution is 6.43. The van der Waals surface area contributed by atoms with Gasteiger partial charge in [0.1, 0.15) is 6.54 Å². The summed E-state index contributed by atoms with van der Waals surface area (Å²) >= 11 is 18.1. The summed E-state index contributed by atoms with van der Waals surface area (Å²) < 4.78 is 4.49. The summed E-state index contributed by atoms with van der Waals surface area (Å²) in [6.45, 7) is -0.106. The molecule has 1 aromatic carbocycles. The topological polar surface area (TPSA) is 85.9 Å². The Hall–Kier alpha value is -1.92. The largest absolute Gasteiger partial charge is 0.468 e. The van der Waals surface area contributed by atoms with Gasteiger partial charge in [0.15, 0.2) is 0 Å². The molecule has 0 fully saturated rings. The van der Waals surface area contributed by atoms with Gasteiger partial charge in [-0.25, -0.2) is 0 Å². The number of allylic oxidation sites excluding steroid dienone is 1. The van der Waals surface area contributed by atoms with Gasteiger partial charge in [-0.1, -0.05) is 34.8 Å². The Morgan fingerprint density at radius 1 is 1.39 bits per heavy atom. The van der Waals surface area contributed by atoms with Crippen molar-refractivity contribution in [3.63, 3.8) is 0 Å². The monoisotopic (exact) mass is 371 g/mol. The number of nitriles is 2. The minimum Gasteiger partial charge on any atom is -0.468 e. The van der Waals surface area contributed by atoms with Crippen LogP contribution in [0.4, 0.5) is 0 Å². The average Bonchev–Trinajstić information content (AvgIpc) is 2.53. The number of carbonyl (C=O) groups is 1. The normalized spacial score (nSPS) is 12.0. The number of hydrogen-bond donors (Lipinski definition) is 1. The van der Waals surface area contributed by atoms with Crippen molar-refractivity contribution >= 4 is 40.8 Å². The molecule has 0 aromatic heterocycles. The second-order valence-corrected chi connectivity index (χ2v) is 5.60. The number of nitrogens with one attached hydrogen (secondary N) is 1. The molecule has 0 aliphatic carbocycles. The van der Waals surface area contributed by atoms with Crippen molar-refractivity contribution < 1.29 is 9.53 Å². The van der Waals surface area contributed by atoms with E-state index in [9.17, 15) is 10.1 Å². The number of carbonyl (C=O) groups excluding carboxylic acids is 1. The first-order chi connectivity index (χ1) is 10.9. The van der Waals surface area contributed by atoms with Crippen LogP contribution in [0.5, 0.6) is 0 Å². The van der Waals surface area contributed by atoms with Gasteiger partial charge in [-0.05, 0) is 17.7 Å². The van der Waals surface area contributed by atoms with Crippen LogP contribution < -0.4 is 5.32 Å². The summed E-state index contributed by atoms with van der Waals surface area (Å²) in [6.07, 6.45) is 1.35. The molecular weight excluding hydrogens is 361 g/mol. The first kappa shape index (κ1) is 19.1. The average molecular weight is 373 g/mol. The number of ether oxygens (including phenoxy) is 1. The molecule has 0 aliphatic heterocycles. The van der Waals surface area contributed by atoms with Gasteiger partial charge in [0.2, 0.25) is 0 Å². The number of halogens is 3. The molecule has 8 heteroatoms. The Morgan fingerprint density at radius 2 is 2.09 bits per heavy atom. The van der Waals surface area contributed by atoms with Crippen LogP contribution in [0.3, 0.4) is 0 Å². The van der Waals surface area contributed by atoms with Crippen molar-refractivity contribution in [2.24, 2.45) is 0 Å². The Labute approximate surface area is 149 Å². The molecule has 0 saturated carbocycles. The molecule has 0 saturated heterocycles. The third-order valence-electron chi connectivity index (χ3n) is 2.93. The smallest absolute Gasteiger partial charge is 0.325 e. The van der Waals surface area contributed by atoms with Gasteiger partial charge in [0.25, 0.3) is 0 Å². The molecule has 0 radical (unpaired) electrons. The highest BCUT2D eigenvalue weighted by Crippen LogP contribution is 2.38. The van der Waals surface area contributed by atoms with Crippen LogP contribution in [0, 0.1) is 22.7 Å². The number of esters is 1. The minimum absolute atomic E-state index is 0.00428. The van der Waals surface area contributed by atoms with Gasteiger partial charge in [-0.3, -0.25) is 4.79 Å². The maximum atomic E-state index is 11.1. The van der Waals surface area contributed by atoms with E-state index in [1.54, 1.807) is 6.07 Å². The first-order valence-electron chi connectivity index (χ1n) is 6.36. The van der Waals surface area contributed by atoms with Crippen molar-refractivity contribution in [2.75, 3.05) is 13.7 Å². The number of methoxy groups -OCH3 is 1. The molecule has 23 heavy (non-hydrogen) atoms. The molecule has 5 nitrogen and oxygen atoms in total. The van der Waals surface area contributed by atoms with Crippen LogP contribution in [0.15, 0.2) is 23.9 Å². The quantitative estimate of drug-likeness (QED) is 0.466. The van der Waals surface area contributed by atoms with E-state index in [1.807, 2.05) is 12.1 Å². The highest BCUT2D eigenvalue weighted by Gasteiger charge is 2.22. The zero-order chi connectivity index (χ0) is 17.4. The first-order valence-corrected chi connectivity index (χ1v) is 7.49. The molecule has 1 rings (SSSR count). The van der Waals surface area contributed by atoms with Crippen molar-refractivity contribution in [3.05, 3.63) is 44.5 Å². The SMILES string of the molecule is COC(=O)CN/C=C(\C#N)[C@H](CC#N)c1cc(Cl)cc(Cl)c1Cl. The van der Waals surface area contributed by atoms with Gasteiger partial charge in [0.05, 0.1) is 34.9 Å². The summed E-state index contributed by atoms with van der Waals surface area (Å²) in [5, 5.41) is 21.8. The second kappa shape index (κ2) is 9.27. The van der Waals surface area contributed by atoms with E-state index in [0.717, 1.165) is 0 Å². The van der Waals surface area contributed by atoms with E-state index >= 15 is 0 Å². The number of benzene rings is 1. The molecule has 0 aliphatic rings. The molecule has 1 atom stereocenters. The van der Waals surface area contributed by atoms with Crippen LogP contribution in [0.1, 0.15) is 17.9 Å². The third-order valence-corrected chi connectivity index (χ3v) is 3.96. The molecule has 0 unspecified atom stereocenters. The molecule has 0 bridgehead atoms. The van der Waals surface area contributed by atoms with Gasteiger partial charge in [-0.15, -0.1) is 0 Å². The van der Waals surface area contributed by atoms with Crippen LogP contribution in [-0.4, -0.2) is 19.6 Å². The van der Waals surface area contributed by atoms with Crippen LogP contribution in [-0.2, 0) is 9.53 Å². The van der Waals surface area contributed by atoms with E-state index in [0.29, 0.717) is 10.6 Å². The lowest BCUT2D eigenvalue weighted by Gasteiger charge is -2.16. The van der Waals surface area contributed by atoms with E-state index in [2.05, 4.69) is 10.1 Å². The van der Waals surface area contributed by atoms with Crippen molar-refractivity contribution in [3.8, 4) is 12.1 Å². The minimum atomic E-state index is -0.626. The summed E-state index contributed by atoms with van der Waals surface area (Å²) in [5.74, 6) is -1.11. The zero-order valence-corrected chi connectivity index (χ0v) is 14.3. The van der Waals surface area contributed by atoms with Gasteiger partial charge in [-0.2, -0.15) is 10.5 Å². The fourth-order valence-corrected chi connectivity index (χ4v) is 2.59. The maximum absolute atomic E-state index is 11.1. The standard InChI is InChI=1S/C15H12Cl3N3O2/c1-23-14(22)8-21-7-9(6-20)11(2-3-19)12-4-10(16)5-13(17)15(12)18/h4-5,7,11,21H,2,8H2,1H3/b9-7+/t11-/m0/s1. The van der Waals surface area contributed by atoms with E-state index in [-0.39, 0.29) is 28.6 Å². The Balaban J connectivity index is 3.19. The molecular formula is C15H12Cl3N3O2. The van der Waals surface area contributed by atoms with Crippen LogP contribution >= 0.6 is 34.8 Å². The van der Waals surface area contributed by atoms with E-state index < -0.39 is 11.9 Å². The highest BCUT2D eigenvalue weighted by atomic mass is 35.5. The van der Waals surface area contributed by atoms with Crippen molar-refractivity contribution in [1.29, 1.82) is 10.5 Å². The number of nitrogens with zero attached hydrogens (tertiary/aromatic N) is 2. The molecule has 1 N–H and O–H groups in total. The van der Waals surface area contributed by atoms with E-state index in [1.165, 1.54) is 19.4 Å². The summed E-state index contributed by atoms with van der Waals surface area (Å²) in [4.78, 5) is 11.1. The van der Waals surface area contributed by atoms with E-state index in [4.69, 9.17) is 40.1 Å². The lowest BCUT2D eigenvalue weighted by molar-refractivity contribution is -0.139. The maximum Gasteiger partial charge on any atom is 0.325 e. The molecule has 0 amide bonds. The molecule has 120 valence electrons. The predicted octanol–water partition coefficient (Wildman–Crippen LogP) is 3.81. The van der Waals surface area contributed by atoms with Crippen LogP contribution in [0.2, 0.25) is 15.1 Å². The third kappa shape index (κ3) is 5.33.